The van der Waals surface area contributed by atoms with Crippen molar-refractivity contribution in [3.8, 4) is 6.07 Å². The summed E-state index contributed by atoms with van der Waals surface area (Å²) in [4.78, 5) is 13.0. The molecule has 2 aromatic carbocycles. The van der Waals surface area contributed by atoms with E-state index >= 15 is 0 Å². The first-order valence-corrected chi connectivity index (χ1v) is 11.4. The molecule has 7 heteroatoms. The Morgan fingerprint density at radius 3 is 2.52 bits per heavy atom. The summed E-state index contributed by atoms with van der Waals surface area (Å²) >= 11 is 1.46. The van der Waals surface area contributed by atoms with Crippen LogP contribution in [0.3, 0.4) is 0 Å². The van der Waals surface area contributed by atoms with Gasteiger partial charge in [0.2, 0.25) is 5.91 Å². The minimum atomic E-state index is -3.47. The Morgan fingerprint density at radius 1 is 1.07 bits per heavy atom. The number of anilines is 1. The van der Waals surface area contributed by atoms with Gasteiger partial charge in [-0.15, -0.1) is 11.8 Å². The number of para-hydroxylation sites is 1. The van der Waals surface area contributed by atoms with Crippen molar-refractivity contribution in [1.29, 1.82) is 5.26 Å². The zero-order valence-corrected chi connectivity index (χ0v) is 16.6. The first-order valence-electron chi connectivity index (χ1n) is 8.63. The number of benzene rings is 2. The maximum atomic E-state index is 12.2. The van der Waals surface area contributed by atoms with Crippen LogP contribution in [0.15, 0.2) is 59.5 Å². The van der Waals surface area contributed by atoms with Gasteiger partial charge in [-0.3, -0.25) is 4.79 Å². The summed E-state index contributed by atoms with van der Waals surface area (Å²) in [5, 5.41) is 11.3. The van der Waals surface area contributed by atoms with E-state index in [9.17, 15) is 13.2 Å². The van der Waals surface area contributed by atoms with Crippen molar-refractivity contribution in [2.24, 2.45) is 0 Å². The fourth-order valence-electron chi connectivity index (χ4n) is 2.50. The molecule has 0 bridgehead atoms. The van der Waals surface area contributed by atoms with E-state index < -0.39 is 21.5 Å². The predicted molar refractivity (Wildman–Crippen MR) is 109 cm³/mol. The lowest BCUT2D eigenvalue weighted by Crippen LogP contribution is -2.25. The third-order valence-electron chi connectivity index (χ3n) is 3.75. The van der Waals surface area contributed by atoms with E-state index in [2.05, 4.69) is 11.4 Å². The quantitative estimate of drug-likeness (QED) is 0.484. The monoisotopic (exact) mass is 402 g/mol. The molecule has 0 atom stereocenters. The SMILES string of the molecule is N#CCCSc1ccccc1NC(=O)CS(=O)(=O)CCCc1ccccc1. The molecule has 0 saturated heterocycles. The zero-order valence-electron chi connectivity index (χ0n) is 14.9. The van der Waals surface area contributed by atoms with Crippen molar-refractivity contribution < 1.29 is 13.2 Å². The molecule has 2 rings (SSSR count). The molecule has 0 radical (unpaired) electrons. The van der Waals surface area contributed by atoms with Crippen molar-refractivity contribution in [2.75, 3.05) is 22.6 Å². The van der Waals surface area contributed by atoms with Crippen molar-refractivity contribution in [3.05, 3.63) is 60.2 Å². The minimum absolute atomic E-state index is 0.0200. The second-order valence-electron chi connectivity index (χ2n) is 5.98. The van der Waals surface area contributed by atoms with Crippen molar-refractivity contribution >= 4 is 33.2 Å². The number of hydrogen-bond donors (Lipinski definition) is 1. The molecule has 2 aromatic rings. The Balaban J connectivity index is 1.86. The summed E-state index contributed by atoms with van der Waals surface area (Å²) in [6, 6.07) is 18.9. The third-order valence-corrected chi connectivity index (χ3v) is 6.44. The lowest BCUT2D eigenvalue weighted by Gasteiger charge is -2.10. The van der Waals surface area contributed by atoms with E-state index in [1.54, 1.807) is 12.1 Å². The largest absolute Gasteiger partial charge is 0.324 e. The zero-order chi connectivity index (χ0) is 19.5. The standard InChI is InChI=1S/C20H22N2O3S2/c21-13-7-14-26-19-12-5-4-11-18(19)22-20(23)16-27(24,25)15-6-10-17-8-2-1-3-9-17/h1-5,8-9,11-12H,6-7,10,14-16H2,(H,22,23). The number of carbonyl (C=O) groups excluding carboxylic acids is 1. The summed E-state index contributed by atoms with van der Waals surface area (Å²) < 4.78 is 24.4. The number of nitriles is 1. The van der Waals surface area contributed by atoms with Gasteiger partial charge < -0.3 is 5.32 Å². The predicted octanol–water partition coefficient (Wildman–Crippen LogP) is 3.68. The van der Waals surface area contributed by atoms with Crippen LogP contribution in [0.1, 0.15) is 18.4 Å². The topological polar surface area (TPSA) is 87.0 Å². The summed E-state index contributed by atoms with van der Waals surface area (Å²) in [5.74, 6) is -0.475. The Bertz CT molecular complexity index is 891. The van der Waals surface area contributed by atoms with Gasteiger partial charge in [0.25, 0.3) is 0 Å². The molecule has 0 saturated carbocycles. The molecular weight excluding hydrogens is 380 g/mol. The van der Waals surface area contributed by atoms with E-state index in [0.717, 1.165) is 10.5 Å². The van der Waals surface area contributed by atoms with Crippen LogP contribution in [0.4, 0.5) is 5.69 Å². The van der Waals surface area contributed by atoms with Gasteiger partial charge in [0.15, 0.2) is 9.84 Å². The maximum Gasteiger partial charge on any atom is 0.239 e. The molecule has 0 aliphatic carbocycles. The molecule has 0 heterocycles. The van der Waals surface area contributed by atoms with Crippen molar-refractivity contribution in [2.45, 2.75) is 24.2 Å². The molecule has 27 heavy (non-hydrogen) atoms. The number of hydrogen-bond acceptors (Lipinski definition) is 5. The number of nitrogens with one attached hydrogen (secondary N) is 1. The first-order chi connectivity index (χ1) is 13.0. The van der Waals surface area contributed by atoms with Crippen LogP contribution in [0.5, 0.6) is 0 Å². The Hall–Kier alpha value is -2.30. The van der Waals surface area contributed by atoms with Crippen LogP contribution in [0.2, 0.25) is 0 Å². The van der Waals surface area contributed by atoms with Crippen LogP contribution in [0.25, 0.3) is 0 Å². The number of sulfone groups is 1. The summed E-state index contributed by atoms with van der Waals surface area (Å²) in [6.45, 7) is 0. The number of nitrogens with zero attached hydrogens (tertiary/aromatic N) is 1. The molecule has 0 unspecified atom stereocenters. The fourth-order valence-corrected chi connectivity index (χ4v) is 4.56. The van der Waals surface area contributed by atoms with Crippen molar-refractivity contribution in [3.63, 3.8) is 0 Å². The summed E-state index contributed by atoms with van der Waals surface area (Å²) in [6.07, 6.45) is 1.56. The molecule has 1 N–H and O–H groups in total. The number of rotatable bonds is 10. The Kier molecular flexibility index (Phi) is 8.37. The Morgan fingerprint density at radius 2 is 1.78 bits per heavy atom. The number of thioether (sulfide) groups is 1. The highest BCUT2D eigenvalue weighted by Gasteiger charge is 2.17. The molecule has 1 amide bonds. The molecule has 0 aliphatic heterocycles. The first kappa shape index (κ1) is 21.0. The van der Waals surface area contributed by atoms with Gasteiger partial charge in [0.05, 0.1) is 17.5 Å². The highest BCUT2D eigenvalue weighted by atomic mass is 32.2. The van der Waals surface area contributed by atoms with Gasteiger partial charge >= 0.3 is 0 Å². The van der Waals surface area contributed by atoms with Gasteiger partial charge in [0.1, 0.15) is 5.75 Å². The number of aryl methyl sites for hydroxylation is 1. The number of carbonyl (C=O) groups is 1. The summed E-state index contributed by atoms with van der Waals surface area (Å²) in [7, 11) is -3.47. The minimum Gasteiger partial charge on any atom is -0.324 e. The second-order valence-corrected chi connectivity index (χ2v) is 9.30. The van der Waals surface area contributed by atoms with Gasteiger partial charge in [-0.25, -0.2) is 8.42 Å². The molecule has 0 aliphatic rings. The second kappa shape index (κ2) is 10.8. The molecule has 0 fully saturated rings. The smallest absolute Gasteiger partial charge is 0.239 e. The van der Waals surface area contributed by atoms with Crippen LogP contribution >= 0.6 is 11.8 Å². The highest BCUT2D eigenvalue weighted by molar-refractivity contribution is 7.99. The van der Waals surface area contributed by atoms with Crippen LogP contribution in [0, 0.1) is 11.3 Å². The van der Waals surface area contributed by atoms with Gasteiger partial charge in [-0.05, 0) is 30.5 Å². The molecule has 0 spiro atoms. The third kappa shape index (κ3) is 7.85. The summed E-state index contributed by atoms with van der Waals surface area (Å²) in [5.41, 5.74) is 1.66. The number of amides is 1. The Labute approximate surface area is 164 Å². The van der Waals surface area contributed by atoms with Crippen LogP contribution in [-0.2, 0) is 21.1 Å². The van der Waals surface area contributed by atoms with E-state index in [1.165, 1.54) is 11.8 Å². The van der Waals surface area contributed by atoms with Crippen LogP contribution < -0.4 is 5.32 Å². The van der Waals surface area contributed by atoms with E-state index in [1.807, 2.05) is 42.5 Å². The molecule has 142 valence electrons. The van der Waals surface area contributed by atoms with Gasteiger partial charge in [0, 0.05) is 17.1 Å². The van der Waals surface area contributed by atoms with E-state index in [-0.39, 0.29) is 5.75 Å². The lowest BCUT2D eigenvalue weighted by molar-refractivity contribution is -0.113. The maximum absolute atomic E-state index is 12.2. The lowest BCUT2D eigenvalue weighted by atomic mass is 10.1. The van der Waals surface area contributed by atoms with Gasteiger partial charge in [-0.2, -0.15) is 5.26 Å². The highest BCUT2D eigenvalue weighted by Crippen LogP contribution is 2.27. The average Bonchev–Trinajstić information content (AvgIpc) is 2.63. The van der Waals surface area contributed by atoms with Gasteiger partial charge in [-0.1, -0.05) is 42.5 Å². The van der Waals surface area contributed by atoms with E-state index in [0.29, 0.717) is 30.7 Å². The molecule has 0 aromatic heterocycles. The van der Waals surface area contributed by atoms with Crippen molar-refractivity contribution in [1.82, 2.24) is 0 Å². The molecule has 5 nitrogen and oxygen atoms in total. The fraction of sp³-hybridized carbons (Fsp3) is 0.300. The average molecular weight is 403 g/mol. The normalized spacial score (nSPS) is 10.9. The van der Waals surface area contributed by atoms with E-state index in [4.69, 9.17) is 5.26 Å². The van der Waals surface area contributed by atoms with Crippen LogP contribution in [-0.4, -0.2) is 31.6 Å². The molecular formula is C20H22N2O3S2.